The van der Waals surface area contributed by atoms with Gasteiger partial charge in [0.2, 0.25) is 5.95 Å². The Morgan fingerprint density at radius 2 is 2.11 bits per heavy atom. The van der Waals surface area contributed by atoms with Crippen molar-refractivity contribution < 1.29 is 0 Å². The second-order valence-corrected chi connectivity index (χ2v) is 3.91. The molecule has 0 saturated carbocycles. The third-order valence-electron chi connectivity index (χ3n) is 2.53. The van der Waals surface area contributed by atoms with Gasteiger partial charge in [0.25, 0.3) is 0 Å². The lowest BCUT2D eigenvalue weighted by Crippen LogP contribution is -2.03. The molecular formula is C14H16N4. The lowest BCUT2D eigenvalue weighted by Gasteiger charge is -2.06. The van der Waals surface area contributed by atoms with E-state index in [1.807, 2.05) is 51.3 Å². The van der Waals surface area contributed by atoms with Crippen molar-refractivity contribution in [2.75, 3.05) is 0 Å². The van der Waals surface area contributed by atoms with Crippen molar-refractivity contribution in [3.8, 4) is 5.95 Å². The molecule has 2 aromatic rings. The van der Waals surface area contributed by atoms with Crippen molar-refractivity contribution in [2.24, 2.45) is 0 Å². The van der Waals surface area contributed by atoms with Gasteiger partial charge in [-0.2, -0.15) is 0 Å². The first-order valence-corrected chi connectivity index (χ1v) is 5.88. The minimum Gasteiger partial charge on any atom is -0.274 e. The van der Waals surface area contributed by atoms with Crippen molar-refractivity contribution in [2.45, 2.75) is 20.8 Å². The van der Waals surface area contributed by atoms with Crippen LogP contribution in [0.3, 0.4) is 0 Å². The molecule has 0 amide bonds. The van der Waals surface area contributed by atoms with E-state index in [4.69, 9.17) is 0 Å². The predicted molar refractivity (Wildman–Crippen MR) is 72.4 cm³/mol. The monoisotopic (exact) mass is 240 g/mol. The molecule has 92 valence electrons. The highest BCUT2D eigenvalue weighted by Gasteiger charge is 2.05. The van der Waals surface area contributed by atoms with E-state index in [1.54, 1.807) is 17.1 Å². The molecule has 0 unspecified atom stereocenters. The summed E-state index contributed by atoms with van der Waals surface area (Å²) in [5.41, 5.74) is 2.95. The molecular weight excluding hydrogens is 224 g/mol. The van der Waals surface area contributed by atoms with Gasteiger partial charge in [0, 0.05) is 18.1 Å². The van der Waals surface area contributed by atoms with Crippen LogP contribution in [-0.4, -0.2) is 19.5 Å². The molecule has 0 spiro atoms. The highest BCUT2D eigenvalue weighted by molar-refractivity contribution is 5.71. The van der Waals surface area contributed by atoms with E-state index in [-0.39, 0.29) is 0 Å². The molecule has 4 nitrogen and oxygen atoms in total. The van der Waals surface area contributed by atoms with Crippen LogP contribution < -0.4 is 0 Å². The average molecular weight is 240 g/mol. The van der Waals surface area contributed by atoms with Gasteiger partial charge in [-0.3, -0.25) is 4.57 Å². The van der Waals surface area contributed by atoms with Gasteiger partial charge in [-0.1, -0.05) is 18.2 Å². The van der Waals surface area contributed by atoms with Gasteiger partial charge in [0.1, 0.15) is 6.33 Å². The summed E-state index contributed by atoms with van der Waals surface area (Å²) in [5.74, 6) is 0.645. The average Bonchev–Trinajstić information content (AvgIpc) is 2.89. The van der Waals surface area contributed by atoms with Crippen molar-refractivity contribution in [1.82, 2.24) is 19.5 Å². The maximum absolute atomic E-state index is 4.56. The Hall–Kier alpha value is -2.23. The van der Waals surface area contributed by atoms with Crippen LogP contribution >= 0.6 is 0 Å². The molecule has 0 aromatic carbocycles. The molecule has 2 heterocycles. The van der Waals surface area contributed by atoms with E-state index in [9.17, 15) is 0 Å². The Kier molecular flexibility index (Phi) is 3.67. The molecule has 0 atom stereocenters. The van der Waals surface area contributed by atoms with E-state index < -0.39 is 0 Å². The van der Waals surface area contributed by atoms with Crippen molar-refractivity contribution in [3.05, 3.63) is 54.4 Å². The Morgan fingerprint density at radius 1 is 1.28 bits per heavy atom. The first-order chi connectivity index (χ1) is 8.74. The van der Waals surface area contributed by atoms with Gasteiger partial charge in [0.05, 0.1) is 5.69 Å². The third kappa shape index (κ3) is 2.53. The minimum absolute atomic E-state index is 0.645. The van der Waals surface area contributed by atoms with Gasteiger partial charge >= 0.3 is 0 Å². The Balaban J connectivity index is 2.51. The van der Waals surface area contributed by atoms with Gasteiger partial charge in [0.15, 0.2) is 0 Å². The van der Waals surface area contributed by atoms with Crippen molar-refractivity contribution in [3.63, 3.8) is 0 Å². The highest BCUT2D eigenvalue weighted by Crippen LogP contribution is 2.15. The second kappa shape index (κ2) is 5.40. The van der Waals surface area contributed by atoms with Crippen molar-refractivity contribution >= 4 is 5.57 Å². The number of rotatable bonds is 3. The standard InChI is InChI=1S/C14H16N4/c1-4-6-12(5-2)13-9-11(3)16-14(17-13)18-8-7-15-10-18/h4-10H,1-3H3/b6-4-,12-5+. The molecule has 2 rings (SSSR count). The molecule has 18 heavy (non-hydrogen) atoms. The lowest BCUT2D eigenvalue weighted by atomic mass is 10.1. The zero-order valence-corrected chi connectivity index (χ0v) is 10.8. The molecule has 0 radical (unpaired) electrons. The summed E-state index contributed by atoms with van der Waals surface area (Å²) < 4.78 is 1.80. The number of hydrogen-bond acceptors (Lipinski definition) is 3. The Labute approximate surface area is 107 Å². The second-order valence-electron chi connectivity index (χ2n) is 3.91. The normalized spacial score (nSPS) is 12.3. The predicted octanol–water partition coefficient (Wildman–Crippen LogP) is 2.95. The molecule has 0 bridgehead atoms. The molecule has 0 fully saturated rings. The van der Waals surface area contributed by atoms with Crippen LogP contribution in [0.5, 0.6) is 0 Å². The van der Waals surface area contributed by atoms with Crippen LogP contribution in [0.4, 0.5) is 0 Å². The van der Waals surface area contributed by atoms with Gasteiger partial charge in [-0.25, -0.2) is 15.0 Å². The van der Waals surface area contributed by atoms with E-state index in [2.05, 4.69) is 15.0 Å². The van der Waals surface area contributed by atoms with Gasteiger partial charge in [-0.05, 0) is 32.4 Å². The summed E-state index contributed by atoms with van der Waals surface area (Å²) in [7, 11) is 0. The Bertz CT molecular complexity index is 580. The van der Waals surface area contributed by atoms with Gasteiger partial charge in [-0.15, -0.1) is 0 Å². The molecule has 0 aliphatic heterocycles. The van der Waals surface area contributed by atoms with E-state index in [1.165, 1.54) is 0 Å². The number of aryl methyl sites for hydroxylation is 1. The van der Waals surface area contributed by atoms with E-state index in [0.717, 1.165) is 17.0 Å². The van der Waals surface area contributed by atoms with Crippen LogP contribution in [0.2, 0.25) is 0 Å². The maximum Gasteiger partial charge on any atom is 0.235 e. The number of allylic oxidation sites excluding steroid dienone is 4. The van der Waals surface area contributed by atoms with Crippen LogP contribution in [0, 0.1) is 6.92 Å². The molecule has 2 aromatic heterocycles. The fourth-order valence-electron chi connectivity index (χ4n) is 1.70. The maximum atomic E-state index is 4.56. The summed E-state index contributed by atoms with van der Waals surface area (Å²) in [4.78, 5) is 13.0. The zero-order chi connectivity index (χ0) is 13.0. The summed E-state index contributed by atoms with van der Waals surface area (Å²) in [5, 5.41) is 0. The smallest absolute Gasteiger partial charge is 0.235 e. The number of imidazole rings is 1. The van der Waals surface area contributed by atoms with Crippen LogP contribution in [0.1, 0.15) is 25.2 Å². The fourth-order valence-corrected chi connectivity index (χ4v) is 1.70. The highest BCUT2D eigenvalue weighted by atomic mass is 15.2. The topological polar surface area (TPSA) is 43.6 Å². The molecule has 0 saturated heterocycles. The number of hydrogen-bond donors (Lipinski definition) is 0. The molecule has 0 N–H and O–H groups in total. The minimum atomic E-state index is 0.645. The summed E-state index contributed by atoms with van der Waals surface area (Å²) in [6, 6.07) is 1.98. The first-order valence-electron chi connectivity index (χ1n) is 5.88. The molecule has 0 aliphatic carbocycles. The van der Waals surface area contributed by atoms with Crippen LogP contribution in [0.25, 0.3) is 11.5 Å². The van der Waals surface area contributed by atoms with Crippen LogP contribution in [0.15, 0.2) is 43.0 Å². The fraction of sp³-hybridized carbons (Fsp3) is 0.214. The first kappa shape index (κ1) is 12.2. The van der Waals surface area contributed by atoms with E-state index >= 15 is 0 Å². The SMILES string of the molecule is C/C=C\C(=C/C)c1cc(C)nc(-n2ccnc2)n1. The third-order valence-corrected chi connectivity index (χ3v) is 2.53. The molecule has 4 heteroatoms. The summed E-state index contributed by atoms with van der Waals surface area (Å²) >= 11 is 0. The van der Waals surface area contributed by atoms with Crippen molar-refractivity contribution in [1.29, 1.82) is 0 Å². The summed E-state index contributed by atoms with van der Waals surface area (Å²) in [6.45, 7) is 5.96. The zero-order valence-electron chi connectivity index (χ0n) is 10.8. The number of nitrogens with zero attached hydrogens (tertiary/aromatic N) is 4. The largest absolute Gasteiger partial charge is 0.274 e. The summed E-state index contributed by atoms with van der Waals surface area (Å²) in [6.07, 6.45) is 11.3. The van der Waals surface area contributed by atoms with E-state index in [0.29, 0.717) is 5.95 Å². The number of aromatic nitrogens is 4. The Morgan fingerprint density at radius 3 is 2.72 bits per heavy atom. The lowest BCUT2D eigenvalue weighted by molar-refractivity contribution is 0.903. The van der Waals surface area contributed by atoms with Gasteiger partial charge < -0.3 is 0 Å². The quantitative estimate of drug-likeness (QED) is 0.775. The van der Waals surface area contributed by atoms with Crippen LogP contribution in [-0.2, 0) is 0 Å². The molecule has 0 aliphatic rings.